The Balaban J connectivity index is 1.73. The summed E-state index contributed by atoms with van der Waals surface area (Å²) in [4.78, 5) is 14.6. The van der Waals surface area contributed by atoms with Crippen molar-refractivity contribution in [2.75, 3.05) is 23.3 Å². The normalized spacial score (nSPS) is 14.2. The Labute approximate surface area is 152 Å². The molecule has 0 radical (unpaired) electrons. The van der Waals surface area contributed by atoms with Gasteiger partial charge in [0.15, 0.2) is 0 Å². The topological polar surface area (TPSA) is 56.1 Å². The highest BCUT2D eigenvalue weighted by Gasteiger charge is 2.12. The largest absolute Gasteiger partial charge is 0.372 e. The minimum absolute atomic E-state index is 0.0499. The van der Waals surface area contributed by atoms with E-state index in [0.29, 0.717) is 10.7 Å². The second-order valence-corrected chi connectivity index (χ2v) is 6.36. The second kappa shape index (κ2) is 7.87. The molecule has 1 amide bonds. The third kappa shape index (κ3) is 4.40. The molecular formula is C20H18ClN3O. The predicted octanol–water partition coefficient (Wildman–Crippen LogP) is 4.49. The van der Waals surface area contributed by atoms with Crippen LogP contribution in [-0.4, -0.2) is 19.0 Å². The zero-order valence-corrected chi connectivity index (χ0v) is 14.5. The van der Waals surface area contributed by atoms with E-state index in [-0.39, 0.29) is 5.57 Å². The molecule has 1 N–H and O–H groups in total. The third-order valence-corrected chi connectivity index (χ3v) is 4.36. The number of nitriles is 1. The van der Waals surface area contributed by atoms with Crippen LogP contribution in [-0.2, 0) is 4.79 Å². The van der Waals surface area contributed by atoms with Gasteiger partial charge in [-0.2, -0.15) is 5.26 Å². The average molecular weight is 352 g/mol. The Morgan fingerprint density at radius 1 is 1.16 bits per heavy atom. The van der Waals surface area contributed by atoms with Crippen LogP contribution in [0.3, 0.4) is 0 Å². The Hall–Kier alpha value is -2.77. The molecule has 126 valence electrons. The zero-order chi connectivity index (χ0) is 17.6. The lowest BCUT2D eigenvalue weighted by molar-refractivity contribution is -0.112. The second-order valence-electron chi connectivity index (χ2n) is 5.92. The Kier molecular flexibility index (Phi) is 5.37. The number of amides is 1. The first kappa shape index (κ1) is 17.1. The summed E-state index contributed by atoms with van der Waals surface area (Å²) in [6.45, 7) is 2.17. The van der Waals surface area contributed by atoms with Crippen molar-refractivity contribution in [1.29, 1.82) is 5.26 Å². The van der Waals surface area contributed by atoms with E-state index in [2.05, 4.69) is 10.2 Å². The van der Waals surface area contributed by atoms with Crippen molar-refractivity contribution in [2.45, 2.75) is 12.8 Å². The highest BCUT2D eigenvalue weighted by Crippen LogP contribution is 2.21. The molecular weight excluding hydrogens is 334 g/mol. The predicted molar refractivity (Wildman–Crippen MR) is 102 cm³/mol. The summed E-state index contributed by atoms with van der Waals surface area (Å²) in [5.74, 6) is -0.451. The average Bonchev–Trinajstić information content (AvgIpc) is 3.14. The summed E-state index contributed by atoms with van der Waals surface area (Å²) in [6, 6.07) is 16.7. The fourth-order valence-electron chi connectivity index (χ4n) is 2.84. The summed E-state index contributed by atoms with van der Waals surface area (Å²) < 4.78 is 0. The lowest BCUT2D eigenvalue weighted by atomic mass is 10.1. The van der Waals surface area contributed by atoms with Crippen molar-refractivity contribution < 1.29 is 4.79 Å². The van der Waals surface area contributed by atoms with Gasteiger partial charge in [0.1, 0.15) is 11.6 Å². The van der Waals surface area contributed by atoms with E-state index in [9.17, 15) is 10.1 Å². The maximum Gasteiger partial charge on any atom is 0.266 e. The number of benzene rings is 2. The first-order chi connectivity index (χ1) is 12.2. The number of halogens is 1. The Bertz CT molecular complexity index is 831. The van der Waals surface area contributed by atoms with Gasteiger partial charge in [-0.3, -0.25) is 4.79 Å². The van der Waals surface area contributed by atoms with E-state index in [1.807, 2.05) is 30.3 Å². The molecule has 1 fully saturated rings. The molecule has 0 aliphatic carbocycles. The van der Waals surface area contributed by atoms with E-state index in [1.165, 1.54) is 18.5 Å². The maximum atomic E-state index is 12.3. The summed E-state index contributed by atoms with van der Waals surface area (Å²) in [5, 5.41) is 12.5. The van der Waals surface area contributed by atoms with Crippen molar-refractivity contribution in [1.82, 2.24) is 0 Å². The minimum Gasteiger partial charge on any atom is -0.372 e. The third-order valence-electron chi connectivity index (χ3n) is 4.12. The van der Waals surface area contributed by atoms with Gasteiger partial charge in [0.2, 0.25) is 0 Å². The van der Waals surface area contributed by atoms with Crippen molar-refractivity contribution >= 4 is 35.0 Å². The van der Waals surface area contributed by atoms with Crippen LogP contribution in [0.4, 0.5) is 11.4 Å². The van der Waals surface area contributed by atoms with Gasteiger partial charge in [0.05, 0.1) is 0 Å². The molecule has 25 heavy (non-hydrogen) atoms. The van der Waals surface area contributed by atoms with Crippen LogP contribution in [0.1, 0.15) is 18.4 Å². The molecule has 1 saturated heterocycles. The molecule has 1 heterocycles. The number of nitrogens with one attached hydrogen (secondary N) is 1. The first-order valence-electron chi connectivity index (χ1n) is 8.19. The molecule has 1 aliphatic heterocycles. The Morgan fingerprint density at radius 2 is 1.88 bits per heavy atom. The number of rotatable bonds is 4. The summed E-state index contributed by atoms with van der Waals surface area (Å²) in [7, 11) is 0. The molecule has 0 bridgehead atoms. The number of carbonyl (C=O) groups excluding carboxylic acids is 1. The van der Waals surface area contributed by atoms with Crippen LogP contribution in [0.15, 0.2) is 54.1 Å². The standard InChI is InChI=1S/C20H18ClN3O/c21-17-4-3-5-18(13-17)23-20(25)16(14-22)12-15-6-8-19(9-7-15)24-10-1-2-11-24/h3-9,12-13H,1-2,10-11H2,(H,23,25)/b16-12+. The fourth-order valence-corrected chi connectivity index (χ4v) is 3.03. The van der Waals surface area contributed by atoms with Crippen molar-refractivity contribution in [3.8, 4) is 6.07 Å². The number of anilines is 2. The number of hydrogen-bond donors (Lipinski definition) is 1. The fraction of sp³-hybridized carbons (Fsp3) is 0.200. The van der Waals surface area contributed by atoms with Gasteiger partial charge >= 0.3 is 0 Å². The van der Waals surface area contributed by atoms with Crippen molar-refractivity contribution in [3.63, 3.8) is 0 Å². The molecule has 0 saturated carbocycles. The van der Waals surface area contributed by atoms with Crippen LogP contribution in [0, 0.1) is 11.3 Å². The lowest BCUT2D eigenvalue weighted by Gasteiger charge is -2.17. The smallest absolute Gasteiger partial charge is 0.266 e. The highest BCUT2D eigenvalue weighted by atomic mass is 35.5. The van der Waals surface area contributed by atoms with E-state index in [4.69, 9.17) is 11.6 Å². The molecule has 3 rings (SSSR count). The molecule has 0 atom stereocenters. The minimum atomic E-state index is -0.451. The molecule has 5 heteroatoms. The van der Waals surface area contributed by atoms with Crippen molar-refractivity contribution in [2.24, 2.45) is 0 Å². The van der Waals surface area contributed by atoms with E-state index in [1.54, 1.807) is 30.3 Å². The van der Waals surface area contributed by atoms with E-state index >= 15 is 0 Å². The van der Waals surface area contributed by atoms with Gasteiger partial charge in [0, 0.05) is 29.5 Å². The van der Waals surface area contributed by atoms with Crippen LogP contribution in [0.2, 0.25) is 5.02 Å². The van der Waals surface area contributed by atoms with Gasteiger partial charge in [-0.05, 0) is 54.8 Å². The molecule has 2 aromatic rings. The molecule has 4 nitrogen and oxygen atoms in total. The molecule has 2 aromatic carbocycles. The molecule has 0 unspecified atom stereocenters. The number of hydrogen-bond acceptors (Lipinski definition) is 3. The molecule has 0 spiro atoms. The van der Waals surface area contributed by atoms with E-state index in [0.717, 1.165) is 18.7 Å². The van der Waals surface area contributed by atoms with Crippen LogP contribution < -0.4 is 10.2 Å². The summed E-state index contributed by atoms with van der Waals surface area (Å²) in [6.07, 6.45) is 4.04. The summed E-state index contributed by atoms with van der Waals surface area (Å²) >= 11 is 5.91. The van der Waals surface area contributed by atoms with E-state index < -0.39 is 5.91 Å². The molecule has 1 aliphatic rings. The van der Waals surface area contributed by atoms with Gasteiger partial charge in [0.25, 0.3) is 5.91 Å². The van der Waals surface area contributed by atoms with Gasteiger partial charge in [-0.25, -0.2) is 0 Å². The van der Waals surface area contributed by atoms with Gasteiger partial charge in [-0.1, -0.05) is 29.8 Å². The number of nitrogens with zero attached hydrogens (tertiary/aromatic N) is 2. The number of carbonyl (C=O) groups is 1. The van der Waals surface area contributed by atoms with Crippen LogP contribution >= 0.6 is 11.6 Å². The summed E-state index contributed by atoms with van der Waals surface area (Å²) in [5.41, 5.74) is 2.61. The van der Waals surface area contributed by atoms with Crippen LogP contribution in [0.5, 0.6) is 0 Å². The van der Waals surface area contributed by atoms with Gasteiger partial charge in [-0.15, -0.1) is 0 Å². The van der Waals surface area contributed by atoms with Gasteiger partial charge < -0.3 is 10.2 Å². The van der Waals surface area contributed by atoms with Crippen LogP contribution in [0.25, 0.3) is 6.08 Å². The lowest BCUT2D eigenvalue weighted by Crippen LogP contribution is -2.17. The maximum absolute atomic E-state index is 12.3. The SMILES string of the molecule is N#C/C(=C\c1ccc(N2CCCC2)cc1)C(=O)Nc1cccc(Cl)c1. The molecule has 0 aromatic heterocycles. The monoisotopic (exact) mass is 351 g/mol. The quantitative estimate of drug-likeness (QED) is 0.652. The zero-order valence-electron chi connectivity index (χ0n) is 13.7. The highest BCUT2D eigenvalue weighted by molar-refractivity contribution is 6.31. The Morgan fingerprint density at radius 3 is 2.52 bits per heavy atom. The van der Waals surface area contributed by atoms with Crippen molar-refractivity contribution in [3.05, 3.63) is 64.7 Å². The first-order valence-corrected chi connectivity index (χ1v) is 8.57.